The lowest BCUT2D eigenvalue weighted by atomic mass is 10.1. The van der Waals surface area contributed by atoms with Crippen LogP contribution in [0.25, 0.3) is 5.69 Å². The van der Waals surface area contributed by atoms with Gasteiger partial charge in [0.25, 0.3) is 11.5 Å². The van der Waals surface area contributed by atoms with Crippen LogP contribution in [0.4, 0.5) is 23.2 Å². The Morgan fingerprint density at radius 2 is 1.75 bits per heavy atom. The number of rotatable bonds is 5. The third kappa shape index (κ3) is 4.82. The Kier molecular flexibility index (Phi) is 6.37. The van der Waals surface area contributed by atoms with Crippen molar-refractivity contribution < 1.29 is 31.9 Å². The molecule has 11 heteroatoms. The Bertz CT molecular complexity index is 1220. The highest BCUT2D eigenvalue weighted by Crippen LogP contribution is 2.32. The van der Waals surface area contributed by atoms with Crippen LogP contribution in [0.2, 0.25) is 0 Å². The van der Waals surface area contributed by atoms with Crippen LogP contribution >= 0.6 is 0 Å². The number of amides is 1. The molecule has 0 saturated heterocycles. The van der Waals surface area contributed by atoms with Gasteiger partial charge in [-0.2, -0.15) is 23.0 Å². The van der Waals surface area contributed by atoms with Gasteiger partial charge >= 0.3 is 12.1 Å². The number of hydrogen-bond acceptors (Lipinski definition) is 5. The van der Waals surface area contributed by atoms with Gasteiger partial charge in [-0.1, -0.05) is 12.1 Å². The monoisotopic (exact) mass is 449 g/mol. The van der Waals surface area contributed by atoms with Crippen LogP contribution in [0.5, 0.6) is 0 Å². The molecule has 166 valence electrons. The van der Waals surface area contributed by atoms with Crippen LogP contribution in [0.1, 0.15) is 33.3 Å². The number of esters is 1. The van der Waals surface area contributed by atoms with E-state index >= 15 is 0 Å². The summed E-state index contributed by atoms with van der Waals surface area (Å²) >= 11 is 0. The Balaban J connectivity index is 2.07. The molecule has 0 bridgehead atoms. The maximum absolute atomic E-state index is 13.2. The van der Waals surface area contributed by atoms with Gasteiger partial charge < -0.3 is 10.1 Å². The molecule has 32 heavy (non-hydrogen) atoms. The number of nitrogens with one attached hydrogen (secondary N) is 1. The molecule has 0 atom stereocenters. The van der Waals surface area contributed by atoms with E-state index in [0.717, 1.165) is 41.1 Å². The molecule has 0 fully saturated rings. The third-order valence-corrected chi connectivity index (χ3v) is 4.20. The van der Waals surface area contributed by atoms with E-state index < -0.39 is 51.9 Å². The smallest absolute Gasteiger partial charge is 0.417 e. The summed E-state index contributed by atoms with van der Waals surface area (Å²) in [5.74, 6) is -2.80. The molecule has 0 aliphatic rings. The Morgan fingerprint density at radius 3 is 2.38 bits per heavy atom. The van der Waals surface area contributed by atoms with Crippen LogP contribution in [-0.4, -0.2) is 28.3 Å². The highest BCUT2D eigenvalue weighted by molar-refractivity contribution is 6.08. The fourth-order valence-corrected chi connectivity index (χ4v) is 2.79. The molecule has 0 saturated carbocycles. The van der Waals surface area contributed by atoms with E-state index in [1.165, 1.54) is 25.1 Å². The lowest BCUT2D eigenvalue weighted by molar-refractivity contribution is -0.137. The number of alkyl halides is 3. The summed E-state index contributed by atoms with van der Waals surface area (Å²) in [6.07, 6.45) is -4.80. The van der Waals surface area contributed by atoms with Crippen molar-refractivity contribution in [1.82, 2.24) is 9.78 Å². The Labute approximate surface area is 178 Å². The van der Waals surface area contributed by atoms with Crippen molar-refractivity contribution in [2.24, 2.45) is 0 Å². The molecule has 1 N–H and O–H groups in total. The highest BCUT2D eigenvalue weighted by atomic mass is 19.4. The van der Waals surface area contributed by atoms with Crippen molar-refractivity contribution in [2.45, 2.75) is 13.1 Å². The minimum absolute atomic E-state index is 0.0690. The number of hydrogen-bond donors (Lipinski definition) is 1. The zero-order valence-corrected chi connectivity index (χ0v) is 16.4. The number of nitrogens with zero attached hydrogens (tertiary/aromatic N) is 2. The molecule has 1 aromatic heterocycles. The van der Waals surface area contributed by atoms with Crippen LogP contribution in [0, 0.1) is 5.82 Å². The first-order chi connectivity index (χ1) is 15.1. The number of benzene rings is 2. The second-order valence-corrected chi connectivity index (χ2v) is 6.35. The minimum Gasteiger partial charge on any atom is -0.461 e. The van der Waals surface area contributed by atoms with E-state index in [4.69, 9.17) is 4.74 Å². The van der Waals surface area contributed by atoms with E-state index in [0.29, 0.717) is 0 Å². The maximum Gasteiger partial charge on any atom is 0.417 e. The van der Waals surface area contributed by atoms with Crippen molar-refractivity contribution in [3.05, 3.63) is 87.6 Å². The molecule has 7 nitrogen and oxygen atoms in total. The van der Waals surface area contributed by atoms with Gasteiger partial charge in [-0.15, -0.1) is 0 Å². The molecule has 1 heterocycles. The highest BCUT2D eigenvalue weighted by Gasteiger charge is 2.35. The van der Waals surface area contributed by atoms with Crippen LogP contribution in [-0.2, 0) is 10.9 Å². The summed E-state index contributed by atoms with van der Waals surface area (Å²) in [5.41, 5.74) is -3.57. The fraction of sp³-hybridized carbons (Fsp3) is 0.143. The first-order valence-electron chi connectivity index (χ1n) is 9.17. The molecule has 3 rings (SSSR count). The molecule has 2 aromatic carbocycles. The number of anilines is 1. The van der Waals surface area contributed by atoms with Crippen molar-refractivity contribution in [3.8, 4) is 5.69 Å². The summed E-state index contributed by atoms with van der Waals surface area (Å²) in [6.45, 7) is 1.44. The third-order valence-electron chi connectivity index (χ3n) is 4.20. The van der Waals surface area contributed by atoms with E-state index in [-0.39, 0.29) is 12.3 Å². The van der Waals surface area contributed by atoms with Crippen LogP contribution in [0.3, 0.4) is 0 Å². The zero-order chi connectivity index (χ0) is 23.5. The first-order valence-corrected chi connectivity index (χ1v) is 9.17. The van der Waals surface area contributed by atoms with E-state index in [1.807, 2.05) is 0 Å². The lowest BCUT2D eigenvalue weighted by Gasteiger charge is -2.15. The number of ether oxygens (including phenoxy) is 1. The normalized spacial score (nSPS) is 11.2. The largest absolute Gasteiger partial charge is 0.461 e. The van der Waals surface area contributed by atoms with Crippen molar-refractivity contribution >= 4 is 17.6 Å². The number of aromatic nitrogens is 2. The summed E-state index contributed by atoms with van der Waals surface area (Å²) in [4.78, 5) is 37.5. The molecule has 0 spiro atoms. The second-order valence-electron chi connectivity index (χ2n) is 6.35. The summed E-state index contributed by atoms with van der Waals surface area (Å²) < 4.78 is 58.6. The van der Waals surface area contributed by atoms with E-state index in [2.05, 4.69) is 10.4 Å². The Morgan fingerprint density at radius 1 is 1.09 bits per heavy atom. The van der Waals surface area contributed by atoms with Crippen molar-refractivity contribution in [3.63, 3.8) is 0 Å². The number of carbonyl (C=O) groups excluding carboxylic acids is 2. The van der Waals surface area contributed by atoms with Crippen LogP contribution < -0.4 is 10.9 Å². The minimum atomic E-state index is -4.80. The molecule has 0 aliphatic heterocycles. The zero-order valence-electron chi connectivity index (χ0n) is 16.4. The molecular weight excluding hydrogens is 434 g/mol. The number of halogens is 4. The number of carbonyl (C=O) groups is 2. The van der Waals surface area contributed by atoms with E-state index in [9.17, 15) is 31.9 Å². The molecule has 1 amide bonds. The summed E-state index contributed by atoms with van der Waals surface area (Å²) in [6, 6.07) is 9.45. The molecular formula is C21H15F4N3O4. The molecule has 3 aromatic rings. The van der Waals surface area contributed by atoms with Gasteiger partial charge in [0.15, 0.2) is 5.69 Å². The topological polar surface area (TPSA) is 90.3 Å². The average Bonchev–Trinajstić information content (AvgIpc) is 2.74. The van der Waals surface area contributed by atoms with Crippen LogP contribution in [0.15, 0.2) is 59.4 Å². The molecule has 0 radical (unpaired) electrons. The standard InChI is InChI=1S/C21H15F4N3O4/c1-2-32-20(31)18-16(11-17(29)28(27-18)13-9-7-12(22)8-10-13)26-19(30)14-5-3-4-6-15(14)21(23,24)25/h3-11H,2H2,1H3,(H,26,30). The summed E-state index contributed by atoms with van der Waals surface area (Å²) in [7, 11) is 0. The lowest BCUT2D eigenvalue weighted by Crippen LogP contribution is -2.27. The van der Waals surface area contributed by atoms with Gasteiger partial charge in [-0.05, 0) is 43.3 Å². The second kappa shape index (κ2) is 9.00. The predicted octanol–water partition coefficient (Wildman–Crippen LogP) is 3.82. The van der Waals surface area contributed by atoms with Gasteiger partial charge in [0.1, 0.15) is 5.82 Å². The predicted molar refractivity (Wildman–Crippen MR) is 105 cm³/mol. The molecule has 0 unspecified atom stereocenters. The fourth-order valence-electron chi connectivity index (χ4n) is 2.79. The summed E-state index contributed by atoms with van der Waals surface area (Å²) in [5, 5.41) is 6.01. The quantitative estimate of drug-likeness (QED) is 0.473. The van der Waals surface area contributed by atoms with Gasteiger partial charge in [-0.25, -0.2) is 9.18 Å². The van der Waals surface area contributed by atoms with E-state index in [1.54, 1.807) is 0 Å². The Hall–Kier alpha value is -4.02. The maximum atomic E-state index is 13.2. The van der Waals surface area contributed by atoms with Gasteiger partial charge in [0.05, 0.1) is 29.1 Å². The van der Waals surface area contributed by atoms with Gasteiger partial charge in [0, 0.05) is 6.07 Å². The average molecular weight is 449 g/mol. The SMILES string of the molecule is CCOC(=O)c1nn(-c2ccc(F)cc2)c(=O)cc1NC(=O)c1ccccc1C(F)(F)F. The van der Waals surface area contributed by atoms with Gasteiger partial charge in [-0.3, -0.25) is 9.59 Å². The van der Waals surface area contributed by atoms with Crippen molar-refractivity contribution in [1.29, 1.82) is 0 Å². The molecule has 0 aliphatic carbocycles. The van der Waals surface area contributed by atoms with Crippen molar-refractivity contribution in [2.75, 3.05) is 11.9 Å². The first kappa shape index (κ1) is 22.7. The van der Waals surface area contributed by atoms with Gasteiger partial charge in [0.2, 0.25) is 0 Å².